The molecule has 0 aliphatic carbocycles. The molecule has 2 fully saturated rings. The fourth-order valence-corrected chi connectivity index (χ4v) is 2.82. The van der Waals surface area contributed by atoms with Gasteiger partial charge in [-0.15, -0.1) is 0 Å². The summed E-state index contributed by atoms with van der Waals surface area (Å²) in [6.07, 6.45) is 2.85. The minimum absolute atomic E-state index is 0.0189. The van der Waals surface area contributed by atoms with Gasteiger partial charge in [-0.3, -0.25) is 4.90 Å². The number of nitrogens with one attached hydrogen (secondary N) is 1. The maximum Gasteiger partial charge on any atom is 0.0936 e. The van der Waals surface area contributed by atoms with Gasteiger partial charge in [0.2, 0.25) is 0 Å². The molecule has 2 aliphatic heterocycles. The first kappa shape index (κ1) is 12.3. The third-order valence-electron chi connectivity index (χ3n) is 3.58. The molecule has 2 aliphatic rings. The SMILES string of the molecule is CC1CN(CC2CCNCC2)CC(CO)O1. The van der Waals surface area contributed by atoms with E-state index in [0.717, 1.165) is 32.1 Å². The zero-order valence-corrected chi connectivity index (χ0v) is 10.2. The van der Waals surface area contributed by atoms with E-state index in [1.807, 2.05) is 0 Å². The number of rotatable bonds is 3. The topological polar surface area (TPSA) is 44.7 Å². The number of hydrogen-bond donors (Lipinski definition) is 2. The van der Waals surface area contributed by atoms with E-state index in [0.29, 0.717) is 0 Å². The molecule has 2 saturated heterocycles. The van der Waals surface area contributed by atoms with Gasteiger partial charge in [0.1, 0.15) is 0 Å². The second kappa shape index (κ2) is 5.96. The molecule has 0 radical (unpaired) electrons. The van der Waals surface area contributed by atoms with Gasteiger partial charge in [0.15, 0.2) is 0 Å². The standard InChI is InChI=1S/C12H24N2O2/c1-10-6-14(8-12(9-15)16-10)7-11-2-4-13-5-3-11/h10-13,15H,2-9H2,1H3. The van der Waals surface area contributed by atoms with Crippen LogP contribution in [0.15, 0.2) is 0 Å². The average Bonchev–Trinajstić information content (AvgIpc) is 2.29. The fraction of sp³-hybridized carbons (Fsp3) is 1.00. The van der Waals surface area contributed by atoms with Crippen molar-refractivity contribution in [1.29, 1.82) is 0 Å². The first-order chi connectivity index (χ1) is 7.78. The molecule has 0 aromatic carbocycles. The maximum atomic E-state index is 9.17. The lowest BCUT2D eigenvalue weighted by Crippen LogP contribution is -2.50. The Morgan fingerprint density at radius 3 is 2.75 bits per heavy atom. The Labute approximate surface area is 98.0 Å². The molecule has 0 saturated carbocycles. The van der Waals surface area contributed by atoms with Crippen LogP contribution in [0.4, 0.5) is 0 Å². The minimum atomic E-state index is 0.0189. The Hall–Kier alpha value is -0.160. The summed E-state index contributed by atoms with van der Waals surface area (Å²) < 4.78 is 5.65. The molecule has 2 atom stereocenters. The van der Waals surface area contributed by atoms with Crippen molar-refractivity contribution < 1.29 is 9.84 Å². The number of ether oxygens (including phenoxy) is 1. The van der Waals surface area contributed by atoms with Crippen molar-refractivity contribution in [3.05, 3.63) is 0 Å². The lowest BCUT2D eigenvalue weighted by Gasteiger charge is -2.38. The number of hydrogen-bond acceptors (Lipinski definition) is 4. The van der Waals surface area contributed by atoms with Crippen LogP contribution < -0.4 is 5.32 Å². The van der Waals surface area contributed by atoms with Gasteiger partial charge < -0.3 is 15.2 Å². The highest BCUT2D eigenvalue weighted by molar-refractivity contribution is 4.79. The molecule has 94 valence electrons. The van der Waals surface area contributed by atoms with E-state index < -0.39 is 0 Å². The molecule has 4 heteroatoms. The van der Waals surface area contributed by atoms with Crippen LogP contribution in [-0.2, 0) is 4.74 Å². The Balaban J connectivity index is 1.78. The highest BCUT2D eigenvalue weighted by Gasteiger charge is 2.26. The summed E-state index contributed by atoms with van der Waals surface area (Å²) in [6.45, 7) is 7.64. The van der Waals surface area contributed by atoms with Gasteiger partial charge in [0.25, 0.3) is 0 Å². The number of aliphatic hydroxyl groups excluding tert-OH is 1. The molecule has 0 spiro atoms. The summed E-state index contributed by atoms with van der Waals surface area (Å²) in [4.78, 5) is 2.46. The summed E-state index contributed by atoms with van der Waals surface area (Å²) in [5.74, 6) is 0.825. The van der Waals surface area contributed by atoms with Gasteiger partial charge in [-0.1, -0.05) is 0 Å². The van der Waals surface area contributed by atoms with Crippen molar-refractivity contribution in [2.45, 2.75) is 32.0 Å². The molecule has 2 heterocycles. The van der Waals surface area contributed by atoms with Gasteiger partial charge in [-0.25, -0.2) is 0 Å². The van der Waals surface area contributed by atoms with Gasteiger partial charge in [-0.2, -0.15) is 0 Å². The first-order valence-corrected chi connectivity index (χ1v) is 6.47. The van der Waals surface area contributed by atoms with Crippen LogP contribution in [0.25, 0.3) is 0 Å². The molecule has 0 aromatic heterocycles. The van der Waals surface area contributed by atoms with Crippen LogP contribution >= 0.6 is 0 Å². The van der Waals surface area contributed by atoms with E-state index in [9.17, 15) is 5.11 Å². The largest absolute Gasteiger partial charge is 0.394 e. The molecular formula is C12H24N2O2. The zero-order valence-electron chi connectivity index (χ0n) is 10.2. The van der Waals surface area contributed by atoms with Gasteiger partial charge in [0, 0.05) is 19.6 Å². The molecule has 2 unspecified atom stereocenters. The third kappa shape index (κ3) is 3.42. The van der Waals surface area contributed by atoms with Gasteiger partial charge in [-0.05, 0) is 38.8 Å². The molecule has 2 rings (SSSR count). The van der Waals surface area contributed by atoms with Gasteiger partial charge >= 0.3 is 0 Å². The van der Waals surface area contributed by atoms with Crippen molar-refractivity contribution in [1.82, 2.24) is 10.2 Å². The second-order valence-corrected chi connectivity index (χ2v) is 5.16. The van der Waals surface area contributed by atoms with Crippen molar-refractivity contribution in [2.75, 3.05) is 39.3 Å². The molecule has 0 amide bonds. The van der Waals surface area contributed by atoms with E-state index >= 15 is 0 Å². The first-order valence-electron chi connectivity index (χ1n) is 6.47. The Bertz CT molecular complexity index is 207. The lowest BCUT2D eigenvalue weighted by atomic mass is 9.97. The minimum Gasteiger partial charge on any atom is -0.394 e. The van der Waals surface area contributed by atoms with E-state index in [4.69, 9.17) is 4.74 Å². The van der Waals surface area contributed by atoms with E-state index in [-0.39, 0.29) is 18.8 Å². The number of aliphatic hydroxyl groups is 1. The second-order valence-electron chi connectivity index (χ2n) is 5.16. The van der Waals surface area contributed by atoms with E-state index in [1.165, 1.54) is 19.4 Å². The Kier molecular flexibility index (Phi) is 4.58. The van der Waals surface area contributed by atoms with Crippen molar-refractivity contribution in [3.63, 3.8) is 0 Å². The lowest BCUT2D eigenvalue weighted by molar-refractivity contribution is -0.0983. The van der Waals surface area contributed by atoms with Crippen LogP contribution in [0, 0.1) is 5.92 Å². The molecule has 16 heavy (non-hydrogen) atoms. The van der Waals surface area contributed by atoms with E-state index in [2.05, 4.69) is 17.1 Å². The molecular weight excluding hydrogens is 204 g/mol. The van der Waals surface area contributed by atoms with Crippen molar-refractivity contribution in [3.8, 4) is 0 Å². The van der Waals surface area contributed by atoms with Gasteiger partial charge in [0.05, 0.1) is 18.8 Å². The maximum absolute atomic E-state index is 9.17. The highest BCUT2D eigenvalue weighted by atomic mass is 16.5. The Morgan fingerprint density at radius 2 is 2.06 bits per heavy atom. The Morgan fingerprint density at radius 1 is 1.31 bits per heavy atom. The third-order valence-corrected chi connectivity index (χ3v) is 3.58. The molecule has 0 aromatic rings. The molecule has 2 N–H and O–H groups in total. The predicted octanol–water partition coefficient (Wildman–Crippen LogP) is 0.0676. The van der Waals surface area contributed by atoms with Crippen molar-refractivity contribution >= 4 is 0 Å². The summed E-state index contributed by atoms with van der Waals surface area (Å²) >= 11 is 0. The summed E-state index contributed by atoms with van der Waals surface area (Å²) in [5, 5.41) is 12.6. The fourth-order valence-electron chi connectivity index (χ4n) is 2.82. The molecule has 4 nitrogen and oxygen atoms in total. The number of morpholine rings is 1. The predicted molar refractivity (Wildman–Crippen MR) is 63.5 cm³/mol. The monoisotopic (exact) mass is 228 g/mol. The van der Waals surface area contributed by atoms with E-state index in [1.54, 1.807) is 0 Å². The van der Waals surface area contributed by atoms with Crippen LogP contribution in [0.1, 0.15) is 19.8 Å². The molecule has 0 bridgehead atoms. The summed E-state index contributed by atoms with van der Waals surface area (Å²) in [6, 6.07) is 0. The quantitative estimate of drug-likeness (QED) is 0.717. The normalized spacial score (nSPS) is 34.1. The summed E-state index contributed by atoms with van der Waals surface area (Å²) in [7, 11) is 0. The number of piperidine rings is 1. The average molecular weight is 228 g/mol. The van der Waals surface area contributed by atoms with Crippen molar-refractivity contribution in [2.24, 2.45) is 5.92 Å². The van der Waals surface area contributed by atoms with Crippen LogP contribution in [0.5, 0.6) is 0 Å². The smallest absolute Gasteiger partial charge is 0.0936 e. The van der Waals surface area contributed by atoms with Crippen LogP contribution in [-0.4, -0.2) is 61.5 Å². The highest BCUT2D eigenvalue weighted by Crippen LogP contribution is 2.17. The summed E-state index contributed by atoms with van der Waals surface area (Å²) in [5.41, 5.74) is 0. The number of nitrogens with zero attached hydrogens (tertiary/aromatic N) is 1. The van der Waals surface area contributed by atoms with Crippen LogP contribution in [0.3, 0.4) is 0 Å². The van der Waals surface area contributed by atoms with Crippen LogP contribution in [0.2, 0.25) is 0 Å². The zero-order chi connectivity index (χ0) is 11.4.